The molecule has 13 aromatic carbocycles. The lowest BCUT2D eigenvalue weighted by Crippen LogP contribution is -2.00. The fraction of sp³-hybridized carbons (Fsp3) is 0. The molecule has 0 aliphatic rings. The number of hydrogen-bond acceptors (Lipinski definition) is 9. The maximum absolute atomic E-state index is 5.18. The number of hydrogen-bond donors (Lipinski definition) is 0. The van der Waals surface area contributed by atoms with Gasteiger partial charge in [0.1, 0.15) is 0 Å². The second kappa shape index (κ2) is 28.4. The summed E-state index contributed by atoms with van der Waals surface area (Å²) in [6, 6.07) is 126. The maximum Gasteiger partial charge on any atom is 0.164 e. The van der Waals surface area contributed by atoms with Gasteiger partial charge in [0.05, 0.1) is 34.2 Å². The molecule has 0 saturated heterocycles. The van der Waals surface area contributed by atoms with E-state index in [0.717, 1.165) is 134 Å². The van der Waals surface area contributed by atoms with Gasteiger partial charge in [-0.05, 0) is 63.4 Å². The van der Waals surface area contributed by atoms with E-state index in [-0.39, 0.29) is 0 Å². The summed E-state index contributed by atoms with van der Waals surface area (Å²) in [4.78, 5) is 44.8. The van der Waals surface area contributed by atoms with Crippen LogP contribution in [0.4, 0.5) is 0 Å². The highest BCUT2D eigenvalue weighted by Gasteiger charge is 2.18. The lowest BCUT2D eigenvalue weighted by Gasteiger charge is -2.12. The molecule has 17 aromatic rings. The second-order valence-electron chi connectivity index (χ2n) is 24.1. The van der Waals surface area contributed by atoms with Crippen LogP contribution in [0.15, 0.2) is 370 Å². The van der Waals surface area contributed by atoms with Crippen LogP contribution in [0.1, 0.15) is 0 Å². The summed E-state index contributed by atoms with van der Waals surface area (Å²) < 4.78 is 0. The van der Waals surface area contributed by atoms with Gasteiger partial charge in [0.2, 0.25) is 0 Å². The Kier molecular flexibility index (Phi) is 17.4. The minimum absolute atomic E-state index is 0.629. The fourth-order valence-corrected chi connectivity index (χ4v) is 12.3. The summed E-state index contributed by atoms with van der Waals surface area (Å²) in [6.45, 7) is 0. The number of nitrogens with zero attached hydrogens (tertiary/aromatic N) is 9. The van der Waals surface area contributed by atoms with Crippen LogP contribution in [0.25, 0.3) is 169 Å². The highest BCUT2D eigenvalue weighted by Crippen LogP contribution is 2.37. The van der Waals surface area contributed by atoms with E-state index in [2.05, 4.69) is 200 Å². The number of aromatic nitrogens is 9. The summed E-state index contributed by atoms with van der Waals surface area (Å²) in [6.07, 6.45) is 0. The van der Waals surface area contributed by atoms with Gasteiger partial charge in [0.25, 0.3) is 0 Å². The third-order valence-electron chi connectivity index (χ3n) is 17.5. The molecule has 17 rings (SSSR count). The summed E-state index contributed by atoms with van der Waals surface area (Å²) in [7, 11) is 0. The van der Waals surface area contributed by atoms with Crippen molar-refractivity contribution in [3.05, 3.63) is 370 Å². The Labute approximate surface area is 580 Å². The van der Waals surface area contributed by atoms with E-state index >= 15 is 0 Å². The molecule has 0 N–H and O–H groups in total. The third-order valence-corrected chi connectivity index (χ3v) is 17.5. The molecule has 100 heavy (non-hydrogen) atoms. The number of fused-ring (bicyclic) bond motifs is 1. The molecule has 4 heterocycles. The van der Waals surface area contributed by atoms with Crippen LogP contribution in [-0.2, 0) is 0 Å². The molecule has 9 heteroatoms. The molecule has 470 valence electrons. The molecule has 9 nitrogen and oxygen atoms in total. The molecule has 0 amide bonds. The van der Waals surface area contributed by atoms with Crippen molar-refractivity contribution < 1.29 is 0 Å². The van der Waals surface area contributed by atoms with Crippen LogP contribution in [0.2, 0.25) is 0 Å². The summed E-state index contributed by atoms with van der Waals surface area (Å²) in [5, 5.41) is 2.29. The van der Waals surface area contributed by atoms with Crippen molar-refractivity contribution in [2.45, 2.75) is 0 Å². The summed E-state index contributed by atoms with van der Waals surface area (Å²) >= 11 is 0. The van der Waals surface area contributed by atoms with Gasteiger partial charge >= 0.3 is 0 Å². The van der Waals surface area contributed by atoms with E-state index in [1.807, 2.05) is 170 Å². The molecule has 0 spiro atoms. The van der Waals surface area contributed by atoms with Crippen molar-refractivity contribution in [1.82, 2.24) is 44.9 Å². The molecular weight excluding hydrogens is 1220 g/mol. The lowest BCUT2D eigenvalue weighted by molar-refractivity contribution is 1.07. The van der Waals surface area contributed by atoms with E-state index in [9.17, 15) is 0 Å². The van der Waals surface area contributed by atoms with Crippen molar-refractivity contribution in [3.63, 3.8) is 0 Å². The number of benzene rings is 13. The molecule has 0 fully saturated rings. The monoisotopic (exact) mass is 1280 g/mol. The zero-order valence-corrected chi connectivity index (χ0v) is 54.2. The SMILES string of the molecule is c1ccc(-c2cc(-c3ccc(-c4cccc(-c5cc(-c6ccccc6)nc(-c6cccc7ccccc67)n5)c4)cc3)nc(-c3ccccc3)n2)cc1.c1ccc(-c2cc(-c3ccc(-c4cccc(-c5nc(-c6ccccc6)nc(-c6ccccc6)n5)c4)cc3)nc(-c3ccccc3)n2)cc1. The predicted octanol–water partition coefficient (Wildman–Crippen LogP) is 22.4. The van der Waals surface area contributed by atoms with Gasteiger partial charge in [-0.2, -0.15) is 0 Å². The highest BCUT2D eigenvalue weighted by molar-refractivity contribution is 5.96. The Bertz CT molecular complexity index is 5490. The Morgan fingerprint density at radius 3 is 0.760 bits per heavy atom. The fourth-order valence-electron chi connectivity index (χ4n) is 12.3. The molecule has 0 radical (unpaired) electrons. The largest absolute Gasteiger partial charge is 0.228 e. The van der Waals surface area contributed by atoms with Gasteiger partial charge < -0.3 is 0 Å². The molecule has 4 aromatic heterocycles. The number of rotatable bonds is 14. The smallest absolute Gasteiger partial charge is 0.164 e. The van der Waals surface area contributed by atoms with Crippen LogP contribution in [0, 0.1) is 0 Å². The van der Waals surface area contributed by atoms with Gasteiger partial charge in [0.15, 0.2) is 34.9 Å². The average Bonchev–Trinajstić information content (AvgIpc) is 0.819. The molecule has 0 aliphatic heterocycles. The van der Waals surface area contributed by atoms with Crippen molar-refractivity contribution in [2.75, 3.05) is 0 Å². The standard InChI is InChI=1S/C48H32N4.C43H29N5/c1-4-15-35(16-5-1)43-31-45(50-47(49-43)38-19-8-3-9-20-38)37-28-26-33(27-29-37)39-22-12-23-40(30-39)46-32-44(36-17-6-2-7-18-36)51-48(52-46)42-25-13-21-34-14-10-11-24-41(34)42;1-5-14-31(15-6-1)38-29-39(45-40(44-38)33-16-7-2-8-17-33)32-26-24-30(25-27-32)36-22-13-23-37(28-36)43-47-41(34-18-9-3-10-19-34)46-42(48-43)35-20-11-4-12-21-35/h1-32H;1-29H. The maximum atomic E-state index is 5.18. The molecule has 0 aliphatic carbocycles. The van der Waals surface area contributed by atoms with Gasteiger partial charge in [-0.1, -0.05) is 340 Å². The van der Waals surface area contributed by atoms with Gasteiger partial charge in [-0.15, -0.1) is 0 Å². The minimum atomic E-state index is 0.629. The molecule has 0 bridgehead atoms. The van der Waals surface area contributed by atoms with Crippen molar-refractivity contribution in [1.29, 1.82) is 0 Å². The van der Waals surface area contributed by atoms with E-state index in [1.54, 1.807) is 0 Å². The van der Waals surface area contributed by atoms with Gasteiger partial charge in [0, 0.05) is 66.8 Å². The zero-order valence-electron chi connectivity index (χ0n) is 54.2. The quantitative estimate of drug-likeness (QED) is 0.105. The Balaban J connectivity index is 0.000000156. The normalized spacial score (nSPS) is 11.0. The Morgan fingerprint density at radius 1 is 0.130 bits per heavy atom. The second-order valence-corrected chi connectivity index (χ2v) is 24.1. The summed E-state index contributed by atoms with van der Waals surface area (Å²) in [5.74, 6) is 4.02. The minimum Gasteiger partial charge on any atom is -0.228 e. The van der Waals surface area contributed by atoms with E-state index in [0.29, 0.717) is 34.9 Å². The third kappa shape index (κ3) is 13.6. The molecule has 0 unspecified atom stereocenters. The van der Waals surface area contributed by atoms with Crippen molar-refractivity contribution in [2.24, 2.45) is 0 Å². The van der Waals surface area contributed by atoms with Crippen LogP contribution in [0.3, 0.4) is 0 Å². The van der Waals surface area contributed by atoms with E-state index in [1.165, 1.54) is 0 Å². The lowest BCUT2D eigenvalue weighted by atomic mass is 9.98. The predicted molar refractivity (Wildman–Crippen MR) is 407 cm³/mol. The summed E-state index contributed by atoms with van der Waals surface area (Å²) in [5.41, 5.74) is 21.7. The Morgan fingerprint density at radius 2 is 0.370 bits per heavy atom. The van der Waals surface area contributed by atoms with Crippen LogP contribution in [-0.4, -0.2) is 44.9 Å². The van der Waals surface area contributed by atoms with Crippen LogP contribution >= 0.6 is 0 Å². The highest BCUT2D eigenvalue weighted by atomic mass is 15.0. The molecule has 0 atom stereocenters. The van der Waals surface area contributed by atoms with Gasteiger partial charge in [-0.3, -0.25) is 0 Å². The van der Waals surface area contributed by atoms with Crippen molar-refractivity contribution in [3.8, 4) is 158 Å². The van der Waals surface area contributed by atoms with Gasteiger partial charge in [-0.25, -0.2) is 44.9 Å². The molecule has 0 saturated carbocycles. The molecular formula is C91H61N9. The first kappa shape index (κ1) is 61.3. The van der Waals surface area contributed by atoms with Crippen LogP contribution in [0.5, 0.6) is 0 Å². The topological polar surface area (TPSA) is 116 Å². The first-order valence-corrected chi connectivity index (χ1v) is 33.2. The van der Waals surface area contributed by atoms with E-state index < -0.39 is 0 Å². The van der Waals surface area contributed by atoms with E-state index in [4.69, 9.17) is 44.9 Å². The average molecular weight is 1280 g/mol. The zero-order chi connectivity index (χ0) is 66.8. The first-order chi connectivity index (χ1) is 49.5. The van der Waals surface area contributed by atoms with Crippen molar-refractivity contribution >= 4 is 10.8 Å². The van der Waals surface area contributed by atoms with Crippen LogP contribution < -0.4 is 0 Å². The first-order valence-electron chi connectivity index (χ1n) is 33.2. The Hall–Kier alpha value is -13.6.